The van der Waals surface area contributed by atoms with Gasteiger partial charge in [-0.3, -0.25) is 9.59 Å². The number of aromatic nitrogens is 5. The van der Waals surface area contributed by atoms with Gasteiger partial charge >= 0.3 is 12.2 Å². The summed E-state index contributed by atoms with van der Waals surface area (Å²) in [6, 6.07) is 21.4. The molecule has 4 amide bonds. The Bertz CT molecular complexity index is 2610. The number of imidazole rings is 2. The maximum atomic E-state index is 15.8. The number of hydrogen-bond donors (Lipinski definition) is 4. The van der Waals surface area contributed by atoms with E-state index in [4.69, 9.17) is 19.4 Å². The largest absolute Gasteiger partial charge is 0.453 e. The average molecular weight is 842 g/mol. The first-order chi connectivity index (χ1) is 30.0. The Kier molecular flexibility index (Phi) is 12.0. The van der Waals surface area contributed by atoms with Crippen LogP contribution in [0.2, 0.25) is 0 Å². The van der Waals surface area contributed by atoms with E-state index >= 15 is 4.39 Å². The Morgan fingerprint density at radius 1 is 0.742 bits per heavy atom. The van der Waals surface area contributed by atoms with Crippen molar-refractivity contribution in [3.63, 3.8) is 0 Å². The molecule has 2 aliphatic rings. The van der Waals surface area contributed by atoms with Crippen LogP contribution in [0.3, 0.4) is 0 Å². The molecule has 2 fully saturated rings. The van der Waals surface area contributed by atoms with Crippen molar-refractivity contribution in [2.45, 2.75) is 63.7 Å². The average Bonchev–Trinajstić information content (AvgIpc) is 4.14. The molecule has 2 aliphatic heterocycles. The highest BCUT2D eigenvalue weighted by Crippen LogP contribution is 2.36. The molecule has 3 aromatic carbocycles. The molecule has 62 heavy (non-hydrogen) atoms. The minimum atomic E-state index is -0.910. The highest BCUT2D eigenvalue weighted by molar-refractivity contribution is 5.89. The van der Waals surface area contributed by atoms with E-state index < -0.39 is 30.1 Å². The van der Waals surface area contributed by atoms with Crippen molar-refractivity contribution in [2.75, 3.05) is 27.3 Å². The number of H-pyrrole nitrogens is 2. The summed E-state index contributed by atoms with van der Waals surface area (Å²) in [5.74, 6) is 0.124. The number of nitrogens with one attached hydrogen (secondary N) is 4. The lowest BCUT2D eigenvalue weighted by atomic mass is 10.0. The van der Waals surface area contributed by atoms with Gasteiger partial charge in [0.05, 0.1) is 61.3 Å². The van der Waals surface area contributed by atoms with Crippen molar-refractivity contribution in [1.82, 2.24) is 45.4 Å². The van der Waals surface area contributed by atoms with E-state index in [9.17, 15) is 19.2 Å². The lowest BCUT2D eigenvalue weighted by molar-refractivity contribution is -0.135. The number of methoxy groups -OCH3 is 2. The number of rotatable bonds is 11. The zero-order chi connectivity index (χ0) is 43.5. The van der Waals surface area contributed by atoms with E-state index in [-0.39, 0.29) is 29.8 Å². The number of benzene rings is 3. The monoisotopic (exact) mass is 841 g/mol. The number of amides is 4. The fourth-order valence-electron chi connectivity index (χ4n) is 8.43. The number of carbonyl (C=O) groups is 4. The SMILES string of the molecule is COC(=O)N[C@H](C(=O)N1CCC[C@H]1c1ncc(-c2ccc(-c3ccc4cc(-c5cnc([C@@H]6CCCN6C(=O)[C@H](NC(=O)OC)c6ccccc6)[nH]5)ccc4n3)cc2F)[nH]1)C(C)C. The fourth-order valence-corrected chi connectivity index (χ4v) is 8.43. The van der Waals surface area contributed by atoms with Gasteiger partial charge < -0.3 is 39.9 Å². The van der Waals surface area contributed by atoms with Crippen LogP contribution in [0.25, 0.3) is 44.7 Å². The summed E-state index contributed by atoms with van der Waals surface area (Å²) in [7, 11) is 2.53. The van der Waals surface area contributed by atoms with Gasteiger partial charge in [0.15, 0.2) is 0 Å². The van der Waals surface area contributed by atoms with Gasteiger partial charge in [-0.1, -0.05) is 62.4 Å². The molecule has 0 aliphatic carbocycles. The highest BCUT2D eigenvalue weighted by atomic mass is 19.1. The molecule has 4 atom stereocenters. The number of halogens is 1. The zero-order valence-corrected chi connectivity index (χ0v) is 34.9. The summed E-state index contributed by atoms with van der Waals surface area (Å²) in [4.78, 5) is 75.9. The highest BCUT2D eigenvalue weighted by Gasteiger charge is 2.39. The lowest BCUT2D eigenvalue weighted by Crippen LogP contribution is -2.51. The fraction of sp³-hybridized carbons (Fsp3) is 0.326. The molecular formula is C46H48FN9O6. The summed E-state index contributed by atoms with van der Waals surface area (Å²) in [5, 5.41) is 6.23. The number of aromatic amines is 2. The van der Waals surface area contributed by atoms with Crippen LogP contribution >= 0.6 is 0 Å². The molecule has 0 bridgehead atoms. The maximum Gasteiger partial charge on any atom is 0.407 e. The molecule has 4 N–H and O–H groups in total. The number of nitrogens with zero attached hydrogens (tertiary/aromatic N) is 5. The first-order valence-electron chi connectivity index (χ1n) is 20.7. The Balaban J connectivity index is 0.961. The first-order valence-corrected chi connectivity index (χ1v) is 20.7. The molecule has 3 aromatic heterocycles. The number of likely N-dealkylation sites (tertiary alicyclic amines) is 2. The summed E-state index contributed by atoms with van der Waals surface area (Å²) in [6.07, 6.45) is 4.91. The minimum Gasteiger partial charge on any atom is -0.453 e. The van der Waals surface area contributed by atoms with E-state index in [2.05, 4.69) is 25.6 Å². The smallest absolute Gasteiger partial charge is 0.407 e. The second-order valence-corrected chi connectivity index (χ2v) is 15.9. The Labute approximate surface area is 357 Å². The van der Waals surface area contributed by atoms with Gasteiger partial charge in [0.25, 0.3) is 5.91 Å². The quantitative estimate of drug-likeness (QED) is 0.102. The van der Waals surface area contributed by atoms with Crippen LogP contribution in [0.15, 0.2) is 91.3 Å². The van der Waals surface area contributed by atoms with Crippen molar-refractivity contribution >= 4 is 34.9 Å². The van der Waals surface area contributed by atoms with Gasteiger partial charge in [0.2, 0.25) is 5.91 Å². The van der Waals surface area contributed by atoms with E-state index in [1.807, 2.05) is 68.4 Å². The van der Waals surface area contributed by atoms with Crippen LogP contribution in [0, 0.1) is 11.7 Å². The molecule has 0 unspecified atom stereocenters. The van der Waals surface area contributed by atoms with E-state index in [0.717, 1.165) is 35.0 Å². The molecule has 0 saturated carbocycles. The van der Waals surface area contributed by atoms with E-state index in [1.165, 1.54) is 20.3 Å². The third-order valence-corrected chi connectivity index (χ3v) is 11.7. The predicted octanol–water partition coefficient (Wildman–Crippen LogP) is 7.63. The van der Waals surface area contributed by atoms with Gasteiger partial charge in [-0.25, -0.2) is 28.9 Å². The number of hydrogen-bond acceptors (Lipinski definition) is 9. The van der Waals surface area contributed by atoms with E-state index in [0.29, 0.717) is 65.7 Å². The van der Waals surface area contributed by atoms with Crippen molar-refractivity contribution < 1.29 is 33.0 Å². The number of fused-ring (bicyclic) bond motifs is 1. The number of ether oxygens (including phenoxy) is 2. The van der Waals surface area contributed by atoms with Crippen LogP contribution in [0.5, 0.6) is 0 Å². The van der Waals surface area contributed by atoms with Gasteiger partial charge in [-0.05, 0) is 67.5 Å². The molecular weight excluding hydrogens is 794 g/mol. The molecule has 2 saturated heterocycles. The van der Waals surface area contributed by atoms with Crippen LogP contribution < -0.4 is 10.6 Å². The van der Waals surface area contributed by atoms with Crippen molar-refractivity contribution in [2.24, 2.45) is 5.92 Å². The molecule has 5 heterocycles. The van der Waals surface area contributed by atoms with Crippen molar-refractivity contribution in [3.8, 4) is 33.8 Å². The molecule has 8 rings (SSSR count). The maximum absolute atomic E-state index is 15.8. The molecule has 15 nitrogen and oxygen atoms in total. The third kappa shape index (κ3) is 8.44. The molecule has 0 spiro atoms. The topological polar surface area (TPSA) is 188 Å². The Hall–Kier alpha value is -7.10. The summed E-state index contributed by atoms with van der Waals surface area (Å²) in [5.41, 5.74) is 5.07. The first kappa shape index (κ1) is 41.6. The predicted molar refractivity (Wildman–Crippen MR) is 229 cm³/mol. The van der Waals surface area contributed by atoms with Crippen LogP contribution in [0.1, 0.15) is 74.9 Å². The van der Waals surface area contributed by atoms with Gasteiger partial charge in [0.1, 0.15) is 29.5 Å². The van der Waals surface area contributed by atoms with Crippen molar-refractivity contribution in [1.29, 1.82) is 0 Å². The molecule has 320 valence electrons. The van der Waals surface area contributed by atoms with Gasteiger partial charge in [-0.2, -0.15) is 0 Å². The lowest BCUT2D eigenvalue weighted by Gasteiger charge is -2.30. The Morgan fingerprint density at radius 3 is 2.03 bits per heavy atom. The molecule has 6 aromatic rings. The zero-order valence-electron chi connectivity index (χ0n) is 34.9. The number of pyridine rings is 1. The third-order valence-electron chi connectivity index (χ3n) is 11.7. The van der Waals surface area contributed by atoms with Crippen molar-refractivity contribution in [3.05, 3.63) is 114 Å². The van der Waals surface area contributed by atoms with Crippen LogP contribution in [-0.4, -0.2) is 92.1 Å². The molecule has 16 heteroatoms. The normalized spacial score (nSPS) is 17.3. The van der Waals surface area contributed by atoms with Crippen LogP contribution in [0.4, 0.5) is 14.0 Å². The molecule has 0 radical (unpaired) electrons. The van der Waals surface area contributed by atoms with Gasteiger partial charge in [0, 0.05) is 35.2 Å². The number of carbonyl (C=O) groups excluding carboxylic acids is 4. The summed E-state index contributed by atoms with van der Waals surface area (Å²) in [6.45, 7) is 4.75. The minimum absolute atomic E-state index is 0.164. The summed E-state index contributed by atoms with van der Waals surface area (Å²) < 4.78 is 25.4. The Morgan fingerprint density at radius 2 is 1.37 bits per heavy atom. The van der Waals surface area contributed by atoms with Crippen LogP contribution in [-0.2, 0) is 19.1 Å². The number of alkyl carbamates (subject to hydrolysis) is 2. The second-order valence-electron chi connectivity index (χ2n) is 15.9. The second kappa shape index (κ2) is 17.9. The standard InChI is InChI=1S/C46H48FN9O6/c1-26(2)39(53-45(59)61-3)43(57)55-20-8-13-38(55)42-49-25-36(52-42)31-17-14-30(23-32(31)47)34-18-15-28-22-29(16-19-33(28)50-34)35-24-48-41(51-35)37-12-9-21-56(37)44(58)40(54-46(60)62-4)27-10-6-5-7-11-27/h5-7,10-11,14-19,22-26,37-40H,8-9,12-13,20-21H2,1-4H3,(H,48,51)(H,49,52)(H,53,59)(H,54,60)/t37-,38-,39-,40+/m0/s1. The van der Waals surface area contributed by atoms with E-state index in [1.54, 1.807) is 40.4 Å². The summed E-state index contributed by atoms with van der Waals surface area (Å²) >= 11 is 0. The van der Waals surface area contributed by atoms with Gasteiger partial charge in [-0.15, -0.1) is 0 Å².